The molecule has 2 atom stereocenters. The normalized spacial score (nSPS) is 17.4. The highest BCUT2D eigenvalue weighted by molar-refractivity contribution is 5.92. The van der Waals surface area contributed by atoms with Crippen LogP contribution in [0.15, 0.2) is 45.6 Å². The third kappa shape index (κ3) is 5.32. The Morgan fingerprint density at radius 2 is 1.83 bits per heavy atom. The first-order valence-electron chi connectivity index (χ1n) is 12.5. The molecule has 0 bridgehead atoms. The number of ether oxygens (including phenoxy) is 2. The van der Waals surface area contributed by atoms with E-state index in [1.165, 1.54) is 24.5 Å². The monoisotopic (exact) mass is 478 g/mol. The third-order valence-corrected chi connectivity index (χ3v) is 7.25. The second kappa shape index (κ2) is 10.7. The molecule has 1 aromatic heterocycles. The summed E-state index contributed by atoms with van der Waals surface area (Å²) in [7, 11) is 7.38. The number of aryl methyl sites for hydroxylation is 1. The summed E-state index contributed by atoms with van der Waals surface area (Å²) in [5, 5.41) is 0.824. The van der Waals surface area contributed by atoms with Gasteiger partial charge < -0.3 is 23.7 Å². The molecule has 0 spiro atoms. The van der Waals surface area contributed by atoms with Crippen LogP contribution in [0.1, 0.15) is 48.8 Å². The van der Waals surface area contributed by atoms with Crippen molar-refractivity contribution < 1.29 is 13.9 Å². The molecule has 0 saturated carbocycles. The smallest absolute Gasteiger partial charge is 0.336 e. The molecule has 6 nitrogen and oxygen atoms in total. The maximum atomic E-state index is 12.5. The molecule has 35 heavy (non-hydrogen) atoms. The fourth-order valence-corrected chi connectivity index (χ4v) is 5.43. The van der Waals surface area contributed by atoms with E-state index in [9.17, 15) is 4.79 Å². The van der Waals surface area contributed by atoms with E-state index in [1.54, 1.807) is 14.2 Å². The van der Waals surface area contributed by atoms with E-state index in [-0.39, 0.29) is 11.5 Å². The fraction of sp³-hybridized carbons (Fsp3) is 0.483. The van der Waals surface area contributed by atoms with Crippen molar-refractivity contribution in [1.82, 2.24) is 4.90 Å². The van der Waals surface area contributed by atoms with Crippen molar-refractivity contribution in [3.05, 3.63) is 63.5 Å². The second-order valence-corrected chi connectivity index (χ2v) is 10.0. The minimum Gasteiger partial charge on any atom is -0.496 e. The first-order valence-corrected chi connectivity index (χ1v) is 12.5. The van der Waals surface area contributed by atoms with Crippen molar-refractivity contribution >= 4 is 16.7 Å². The lowest BCUT2D eigenvalue weighted by molar-refractivity contribution is 0.180. The van der Waals surface area contributed by atoms with E-state index in [1.807, 2.05) is 27.1 Å². The van der Waals surface area contributed by atoms with Crippen LogP contribution < -0.4 is 20.0 Å². The van der Waals surface area contributed by atoms with Gasteiger partial charge in [-0.25, -0.2) is 4.79 Å². The summed E-state index contributed by atoms with van der Waals surface area (Å²) in [4.78, 5) is 17.2. The number of likely N-dealkylation sites (tertiary alicyclic amines) is 1. The summed E-state index contributed by atoms with van der Waals surface area (Å²) in [5.41, 5.74) is 4.26. The Bertz CT molecular complexity index is 1220. The second-order valence-electron chi connectivity index (χ2n) is 10.0. The Morgan fingerprint density at radius 1 is 1.11 bits per heavy atom. The molecule has 1 fully saturated rings. The van der Waals surface area contributed by atoms with Gasteiger partial charge in [0.25, 0.3) is 0 Å². The average Bonchev–Trinajstić information content (AvgIpc) is 2.84. The minimum absolute atomic E-state index is 0.00301. The molecule has 1 aliphatic heterocycles. The van der Waals surface area contributed by atoms with E-state index < -0.39 is 0 Å². The highest BCUT2D eigenvalue weighted by atomic mass is 16.5. The molecule has 2 heterocycles. The molecule has 1 aliphatic rings. The molecule has 0 radical (unpaired) electrons. The molecule has 3 aromatic rings. The van der Waals surface area contributed by atoms with Gasteiger partial charge in [-0.05, 0) is 68.5 Å². The molecule has 6 heteroatoms. The Hall–Kier alpha value is -2.99. The summed E-state index contributed by atoms with van der Waals surface area (Å²) in [6.07, 6.45) is 3.43. The van der Waals surface area contributed by atoms with Crippen molar-refractivity contribution in [2.45, 2.75) is 39.0 Å². The van der Waals surface area contributed by atoms with Gasteiger partial charge in [-0.2, -0.15) is 0 Å². The summed E-state index contributed by atoms with van der Waals surface area (Å²) >= 11 is 0. The van der Waals surface area contributed by atoms with E-state index in [0.29, 0.717) is 17.1 Å². The first-order chi connectivity index (χ1) is 16.8. The standard InChI is InChI=1S/C29H38N2O4/c1-19-8-7-14-31(18-19)15-13-23(21-9-11-22(12-10-21)30(3)4)28-25(34-6)17-24(33-5)27-20(2)16-26(32)35-29(27)28/h9-12,16-17,19,23H,7-8,13-15,18H2,1-6H3. The zero-order valence-electron chi connectivity index (χ0n) is 21.9. The van der Waals surface area contributed by atoms with Gasteiger partial charge in [0.2, 0.25) is 0 Å². The van der Waals surface area contributed by atoms with Gasteiger partial charge in [-0.15, -0.1) is 0 Å². The van der Waals surface area contributed by atoms with Crippen molar-refractivity contribution in [1.29, 1.82) is 0 Å². The van der Waals surface area contributed by atoms with Gasteiger partial charge in [0.1, 0.15) is 17.1 Å². The van der Waals surface area contributed by atoms with Crippen molar-refractivity contribution in [2.75, 3.05) is 52.8 Å². The van der Waals surface area contributed by atoms with E-state index in [0.717, 1.165) is 54.2 Å². The van der Waals surface area contributed by atoms with Crippen molar-refractivity contribution in [3.63, 3.8) is 0 Å². The van der Waals surface area contributed by atoms with Crippen LogP contribution in [0.25, 0.3) is 11.0 Å². The highest BCUT2D eigenvalue weighted by Crippen LogP contribution is 2.44. The zero-order chi connectivity index (χ0) is 25.1. The molecule has 0 amide bonds. The lowest BCUT2D eigenvalue weighted by atomic mass is 9.85. The summed E-state index contributed by atoms with van der Waals surface area (Å²) < 4.78 is 17.5. The molecule has 1 saturated heterocycles. The summed E-state index contributed by atoms with van der Waals surface area (Å²) in [6.45, 7) is 7.48. The summed E-state index contributed by atoms with van der Waals surface area (Å²) in [6, 6.07) is 12.1. The molecular weight excluding hydrogens is 440 g/mol. The van der Waals surface area contributed by atoms with Gasteiger partial charge in [-0.3, -0.25) is 0 Å². The van der Waals surface area contributed by atoms with Crippen LogP contribution in [-0.2, 0) is 0 Å². The predicted molar refractivity (Wildman–Crippen MR) is 142 cm³/mol. The number of piperidine rings is 1. The molecule has 0 N–H and O–H groups in total. The first kappa shape index (κ1) is 25.1. The average molecular weight is 479 g/mol. The van der Waals surface area contributed by atoms with Gasteiger partial charge in [0, 0.05) is 49.9 Å². The number of hydrogen-bond acceptors (Lipinski definition) is 6. The van der Waals surface area contributed by atoms with Crippen LogP contribution in [0.2, 0.25) is 0 Å². The van der Waals surface area contributed by atoms with Crippen LogP contribution in [-0.4, -0.2) is 52.8 Å². The molecule has 188 valence electrons. The number of hydrogen-bond donors (Lipinski definition) is 0. The van der Waals surface area contributed by atoms with Crippen LogP contribution in [0, 0.1) is 12.8 Å². The summed E-state index contributed by atoms with van der Waals surface area (Å²) in [5.74, 6) is 2.04. The number of methoxy groups -OCH3 is 2. The lowest BCUT2D eigenvalue weighted by Gasteiger charge is -2.32. The van der Waals surface area contributed by atoms with Crippen molar-refractivity contribution in [3.8, 4) is 11.5 Å². The van der Waals surface area contributed by atoms with Gasteiger partial charge >= 0.3 is 5.63 Å². The number of fused-ring (bicyclic) bond motifs is 1. The molecule has 4 rings (SSSR count). The van der Waals surface area contributed by atoms with Gasteiger partial charge in [0.15, 0.2) is 0 Å². The van der Waals surface area contributed by atoms with Gasteiger partial charge in [0.05, 0.1) is 19.6 Å². The zero-order valence-corrected chi connectivity index (χ0v) is 21.9. The quantitative estimate of drug-likeness (QED) is 0.402. The van der Waals surface area contributed by atoms with E-state index in [4.69, 9.17) is 13.9 Å². The maximum Gasteiger partial charge on any atom is 0.336 e. The van der Waals surface area contributed by atoms with Crippen LogP contribution in [0.3, 0.4) is 0 Å². The maximum absolute atomic E-state index is 12.5. The van der Waals surface area contributed by atoms with Gasteiger partial charge in [-0.1, -0.05) is 19.1 Å². The third-order valence-electron chi connectivity index (χ3n) is 7.25. The lowest BCUT2D eigenvalue weighted by Crippen LogP contribution is -2.35. The minimum atomic E-state index is -0.363. The number of rotatable bonds is 8. The molecule has 0 aliphatic carbocycles. The number of anilines is 1. The van der Waals surface area contributed by atoms with E-state index in [2.05, 4.69) is 41.0 Å². The number of nitrogens with zero attached hydrogens (tertiary/aromatic N) is 2. The number of benzene rings is 2. The van der Waals surface area contributed by atoms with Crippen LogP contribution in [0.5, 0.6) is 11.5 Å². The van der Waals surface area contributed by atoms with Crippen molar-refractivity contribution in [2.24, 2.45) is 5.92 Å². The Labute approximate surface area is 208 Å². The molecular formula is C29H38N2O4. The van der Waals surface area contributed by atoms with E-state index >= 15 is 0 Å². The largest absolute Gasteiger partial charge is 0.496 e. The molecule has 2 aromatic carbocycles. The van der Waals surface area contributed by atoms with Crippen LogP contribution in [0.4, 0.5) is 5.69 Å². The highest BCUT2D eigenvalue weighted by Gasteiger charge is 2.27. The SMILES string of the molecule is COc1cc(OC)c2c(C)cc(=O)oc2c1C(CCN1CCCC(C)C1)c1ccc(N(C)C)cc1. The fourth-order valence-electron chi connectivity index (χ4n) is 5.43. The Kier molecular flexibility index (Phi) is 7.70. The molecule has 2 unspecified atom stereocenters. The predicted octanol–water partition coefficient (Wildman–Crippen LogP) is 5.44. The van der Waals surface area contributed by atoms with Crippen LogP contribution >= 0.6 is 0 Å². The Balaban J connectivity index is 1.87. The topological polar surface area (TPSA) is 55.2 Å². The Morgan fingerprint density at radius 3 is 2.46 bits per heavy atom.